The minimum atomic E-state index is -0.0387. The van der Waals surface area contributed by atoms with E-state index in [2.05, 4.69) is 17.6 Å². The van der Waals surface area contributed by atoms with Gasteiger partial charge >= 0.3 is 0 Å². The Hall–Kier alpha value is -1.55. The van der Waals surface area contributed by atoms with Crippen LogP contribution in [0.1, 0.15) is 37.6 Å². The van der Waals surface area contributed by atoms with E-state index in [9.17, 15) is 4.79 Å². The molecule has 19 heavy (non-hydrogen) atoms. The third-order valence-corrected chi connectivity index (χ3v) is 2.71. The first-order chi connectivity index (χ1) is 9.02. The second-order valence-electron chi connectivity index (χ2n) is 5.04. The summed E-state index contributed by atoms with van der Waals surface area (Å²) in [4.78, 5) is 11.9. The largest absolute Gasteiger partial charge is 0.385 e. The molecule has 0 aliphatic carbocycles. The van der Waals surface area contributed by atoms with Gasteiger partial charge in [-0.15, -0.1) is 0 Å². The summed E-state index contributed by atoms with van der Waals surface area (Å²) in [6.07, 6.45) is 0.929. The van der Waals surface area contributed by atoms with Crippen molar-refractivity contribution in [3.63, 3.8) is 0 Å². The van der Waals surface area contributed by atoms with Crippen molar-refractivity contribution in [3.8, 4) is 0 Å². The molecule has 1 aromatic carbocycles. The molecule has 0 radical (unpaired) electrons. The number of hydrogen-bond donors (Lipinski definition) is 2. The maximum Gasteiger partial charge on any atom is 0.251 e. The zero-order valence-electron chi connectivity index (χ0n) is 12.2. The van der Waals surface area contributed by atoms with Gasteiger partial charge in [0.05, 0.1) is 0 Å². The van der Waals surface area contributed by atoms with Crippen molar-refractivity contribution in [2.45, 2.75) is 39.3 Å². The monoisotopic (exact) mass is 264 g/mol. The highest BCUT2D eigenvalue weighted by Crippen LogP contribution is 2.13. The molecule has 0 aliphatic rings. The number of nitrogens with one attached hydrogen (secondary N) is 2. The molecular formula is C15H24N2O2. The van der Waals surface area contributed by atoms with Crippen LogP contribution in [-0.2, 0) is 4.74 Å². The van der Waals surface area contributed by atoms with Crippen molar-refractivity contribution in [1.82, 2.24) is 5.32 Å². The maximum absolute atomic E-state index is 11.9. The van der Waals surface area contributed by atoms with E-state index in [1.807, 2.05) is 38.1 Å². The lowest BCUT2D eigenvalue weighted by molar-refractivity contribution is 0.0943. The highest BCUT2D eigenvalue weighted by atomic mass is 16.5. The fraction of sp³-hybridized carbons (Fsp3) is 0.533. The Bertz CT molecular complexity index is 405. The van der Waals surface area contributed by atoms with Crippen LogP contribution in [0, 0.1) is 0 Å². The summed E-state index contributed by atoms with van der Waals surface area (Å²) in [5.74, 6) is -0.0387. The summed E-state index contributed by atoms with van der Waals surface area (Å²) >= 11 is 0. The van der Waals surface area contributed by atoms with Gasteiger partial charge in [-0.05, 0) is 45.4 Å². The third-order valence-electron chi connectivity index (χ3n) is 2.71. The molecule has 106 valence electrons. The molecule has 0 aromatic heterocycles. The van der Waals surface area contributed by atoms with E-state index in [-0.39, 0.29) is 11.9 Å². The molecule has 0 saturated heterocycles. The van der Waals surface area contributed by atoms with Crippen molar-refractivity contribution >= 4 is 11.6 Å². The Balaban J connectivity index is 2.63. The third kappa shape index (κ3) is 5.75. The number of carbonyl (C=O) groups is 1. The molecule has 1 atom stereocenters. The lowest BCUT2D eigenvalue weighted by atomic mass is 10.1. The summed E-state index contributed by atoms with van der Waals surface area (Å²) < 4.78 is 5.05. The van der Waals surface area contributed by atoms with E-state index in [0.717, 1.165) is 18.7 Å². The fourth-order valence-corrected chi connectivity index (χ4v) is 1.75. The Labute approximate surface area is 115 Å². The van der Waals surface area contributed by atoms with E-state index in [4.69, 9.17) is 4.74 Å². The molecule has 1 aromatic rings. The van der Waals surface area contributed by atoms with Crippen LogP contribution in [0.15, 0.2) is 24.3 Å². The lowest BCUT2D eigenvalue weighted by Crippen LogP contribution is -2.30. The fourth-order valence-electron chi connectivity index (χ4n) is 1.75. The quantitative estimate of drug-likeness (QED) is 0.796. The Morgan fingerprint density at radius 3 is 2.68 bits per heavy atom. The van der Waals surface area contributed by atoms with Crippen molar-refractivity contribution in [2.24, 2.45) is 0 Å². The van der Waals surface area contributed by atoms with Gasteiger partial charge in [0.1, 0.15) is 0 Å². The Morgan fingerprint density at radius 2 is 2.05 bits per heavy atom. The topological polar surface area (TPSA) is 50.4 Å². The first-order valence-electron chi connectivity index (χ1n) is 6.69. The molecule has 0 fully saturated rings. The van der Waals surface area contributed by atoms with E-state index in [0.29, 0.717) is 11.6 Å². The van der Waals surface area contributed by atoms with Gasteiger partial charge in [0.15, 0.2) is 0 Å². The molecule has 0 bridgehead atoms. The first-order valence-corrected chi connectivity index (χ1v) is 6.69. The van der Waals surface area contributed by atoms with Gasteiger partial charge < -0.3 is 15.4 Å². The highest BCUT2D eigenvalue weighted by Gasteiger charge is 2.08. The van der Waals surface area contributed by atoms with Gasteiger partial charge in [-0.3, -0.25) is 4.79 Å². The minimum Gasteiger partial charge on any atom is -0.385 e. The molecule has 2 N–H and O–H groups in total. The van der Waals surface area contributed by atoms with Gasteiger partial charge in [-0.25, -0.2) is 0 Å². The van der Waals surface area contributed by atoms with Crippen LogP contribution in [0.2, 0.25) is 0 Å². The van der Waals surface area contributed by atoms with Gasteiger partial charge in [0.2, 0.25) is 0 Å². The van der Waals surface area contributed by atoms with Crippen LogP contribution in [0.4, 0.5) is 5.69 Å². The second kappa shape index (κ2) is 7.79. The Kier molecular flexibility index (Phi) is 6.36. The molecule has 0 saturated carbocycles. The van der Waals surface area contributed by atoms with Gasteiger partial charge in [-0.1, -0.05) is 6.07 Å². The molecular weight excluding hydrogens is 240 g/mol. The average molecular weight is 264 g/mol. The number of hydrogen-bond acceptors (Lipinski definition) is 3. The number of benzene rings is 1. The number of carbonyl (C=O) groups excluding carboxylic acids is 1. The summed E-state index contributed by atoms with van der Waals surface area (Å²) in [5.41, 5.74) is 1.64. The molecule has 0 heterocycles. The Morgan fingerprint density at radius 1 is 1.32 bits per heavy atom. The molecule has 1 amide bonds. The summed E-state index contributed by atoms with van der Waals surface area (Å²) in [5, 5.41) is 6.25. The highest BCUT2D eigenvalue weighted by molar-refractivity contribution is 5.95. The lowest BCUT2D eigenvalue weighted by Gasteiger charge is -2.15. The van der Waals surface area contributed by atoms with Gasteiger partial charge in [0.25, 0.3) is 5.91 Å². The minimum absolute atomic E-state index is 0.0387. The van der Waals surface area contributed by atoms with E-state index >= 15 is 0 Å². The summed E-state index contributed by atoms with van der Waals surface area (Å²) in [6.45, 7) is 6.72. The van der Waals surface area contributed by atoms with Crippen LogP contribution < -0.4 is 10.6 Å². The zero-order valence-corrected chi connectivity index (χ0v) is 12.2. The van der Waals surface area contributed by atoms with Crippen LogP contribution in [0.3, 0.4) is 0 Å². The maximum atomic E-state index is 11.9. The average Bonchev–Trinajstić information content (AvgIpc) is 2.36. The predicted molar refractivity (Wildman–Crippen MR) is 78.6 cm³/mol. The SMILES string of the molecule is COCCC(C)Nc1cccc(C(=O)NC(C)C)c1. The van der Waals surface area contributed by atoms with Crippen molar-refractivity contribution in [2.75, 3.05) is 19.0 Å². The van der Waals surface area contributed by atoms with Gasteiger partial charge in [0, 0.05) is 37.1 Å². The first kappa shape index (κ1) is 15.5. The second-order valence-corrected chi connectivity index (χ2v) is 5.04. The van der Waals surface area contributed by atoms with E-state index < -0.39 is 0 Å². The van der Waals surface area contributed by atoms with Crippen molar-refractivity contribution in [3.05, 3.63) is 29.8 Å². The smallest absolute Gasteiger partial charge is 0.251 e. The molecule has 0 spiro atoms. The molecule has 4 nitrogen and oxygen atoms in total. The predicted octanol–water partition coefficient (Wildman–Crippen LogP) is 2.66. The van der Waals surface area contributed by atoms with Crippen LogP contribution in [0.5, 0.6) is 0 Å². The van der Waals surface area contributed by atoms with Crippen LogP contribution in [-0.4, -0.2) is 31.7 Å². The van der Waals surface area contributed by atoms with Gasteiger partial charge in [-0.2, -0.15) is 0 Å². The van der Waals surface area contributed by atoms with E-state index in [1.54, 1.807) is 7.11 Å². The number of rotatable bonds is 7. The molecule has 1 rings (SSSR count). The number of methoxy groups -OCH3 is 1. The molecule has 1 unspecified atom stereocenters. The summed E-state index contributed by atoms with van der Waals surface area (Å²) in [6, 6.07) is 8.01. The van der Waals surface area contributed by atoms with Crippen LogP contribution in [0.25, 0.3) is 0 Å². The van der Waals surface area contributed by atoms with E-state index in [1.165, 1.54) is 0 Å². The summed E-state index contributed by atoms with van der Waals surface area (Å²) in [7, 11) is 1.70. The van der Waals surface area contributed by atoms with Crippen molar-refractivity contribution in [1.29, 1.82) is 0 Å². The number of anilines is 1. The number of ether oxygens (including phenoxy) is 1. The molecule has 4 heteroatoms. The standard InChI is InChI=1S/C15H24N2O2/c1-11(2)16-15(18)13-6-5-7-14(10-13)17-12(3)8-9-19-4/h5-7,10-12,17H,8-9H2,1-4H3,(H,16,18). The van der Waals surface area contributed by atoms with Crippen molar-refractivity contribution < 1.29 is 9.53 Å². The number of amides is 1. The zero-order chi connectivity index (χ0) is 14.3. The molecule has 0 aliphatic heterocycles. The normalized spacial score (nSPS) is 12.3. The van der Waals surface area contributed by atoms with Crippen LogP contribution >= 0.6 is 0 Å².